The lowest BCUT2D eigenvalue weighted by molar-refractivity contribution is -0.384. The molecule has 1 aliphatic heterocycles. The summed E-state index contributed by atoms with van der Waals surface area (Å²) in [5, 5.41) is 10.4. The van der Waals surface area contributed by atoms with Gasteiger partial charge in [0, 0.05) is 12.1 Å². The van der Waals surface area contributed by atoms with Crippen molar-refractivity contribution >= 4 is 11.8 Å². The maximum Gasteiger partial charge on any atom is 0.508 e. The molecule has 1 aromatic rings. The molecule has 1 unspecified atom stereocenters. The topological polar surface area (TPSA) is 87.9 Å². The van der Waals surface area contributed by atoms with E-state index < -0.39 is 11.1 Å². The number of cyclic esters (lactones) is 2. The number of carbonyl (C=O) groups excluding carboxylic acids is 1. The van der Waals surface area contributed by atoms with E-state index in [-0.39, 0.29) is 25.0 Å². The van der Waals surface area contributed by atoms with Gasteiger partial charge in [0.2, 0.25) is 0 Å². The highest BCUT2D eigenvalue weighted by Gasteiger charge is 2.24. The van der Waals surface area contributed by atoms with E-state index in [4.69, 9.17) is 9.47 Å². The number of nitro benzene ring substituents is 1. The van der Waals surface area contributed by atoms with Crippen molar-refractivity contribution in [3.63, 3.8) is 0 Å². The van der Waals surface area contributed by atoms with Gasteiger partial charge >= 0.3 is 6.16 Å². The maximum atomic E-state index is 10.6. The van der Waals surface area contributed by atoms with E-state index in [0.717, 1.165) is 5.56 Å². The number of benzene rings is 1. The third kappa shape index (κ3) is 3.17. The number of rotatable bonds is 5. The Kier molecular flexibility index (Phi) is 3.73. The fourth-order valence-electron chi connectivity index (χ4n) is 1.47. The van der Waals surface area contributed by atoms with Gasteiger partial charge in [-0.1, -0.05) is 0 Å². The molecule has 1 atom stereocenters. The summed E-state index contributed by atoms with van der Waals surface area (Å²) in [6.07, 6.45) is -1.06. The van der Waals surface area contributed by atoms with Crippen molar-refractivity contribution < 1.29 is 23.9 Å². The Labute approximate surface area is 102 Å². The summed E-state index contributed by atoms with van der Waals surface area (Å²) in [4.78, 5) is 20.6. The van der Waals surface area contributed by atoms with Gasteiger partial charge in [-0.15, -0.1) is 0 Å². The van der Waals surface area contributed by atoms with Gasteiger partial charge in [0.05, 0.1) is 18.1 Å². The fraction of sp³-hybridized carbons (Fsp3) is 0.364. The van der Waals surface area contributed by atoms with Crippen LogP contribution in [0.25, 0.3) is 0 Å². The number of non-ortho nitro benzene ring substituents is 1. The van der Waals surface area contributed by atoms with Crippen molar-refractivity contribution in [1.29, 1.82) is 0 Å². The van der Waals surface area contributed by atoms with Gasteiger partial charge in [-0.3, -0.25) is 10.1 Å². The van der Waals surface area contributed by atoms with Crippen molar-refractivity contribution in [2.24, 2.45) is 0 Å². The zero-order valence-corrected chi connectivity index (χ0v) is 9.40. The minimum absolute atomic E-state index is 0.0388. The smallest absolute Gasteiger partial charge is 0.430 e. The first-order valence-corrected chi connectivity index (χ1v) is 5.29. The molecule has 0 saturated carbocycles. The molecule has 1 saturated heterocycles. The first kappa shape index (κ1) is 12.3. The molecular weight excluding hydrogens is 242 g/mol. The fourth-order valence-corrected chi connectivity index (χ4v) is 1.47. The second-order valence-corrected chi connectivity index (χ2v) is 3.74. The Balaban J connectivity index is 1.76. The maximum absolute atomic E-state index is 10.6. The van der Waals surface area contributed by atoms with E-state index in [1.54, 1.807) is 12.1 Å². The van der Waals surface area contributed by atoms with E-state index in [0.29, 0.717) is 6.61 Å². The molecule has 1 aliphatic rings. The number of ether oxygens (including phenoxy) is 3. The third-order valence-corrected chi connectivity index (χ3v) is 2.37. The minimum Gasteiger partial charge on any atom is -0.430 e. The Morgan fingerprint density at radius 1 is 1.39 bits per heavy atom. The first-order valence-electron chi connectivity index (χ1n) is 5.29. The van der Waals surface area contributed by atoms with E-state index in [9.17, 15) is 14.9 Å². The Bertz CT molecular complexity index is 443. The molecule has 7 nitrogen and oxygen atoms in total. The Morgan fingerprint density at radius 3 is 2.67 bits per heavy atom. The second-order valence-electron chi connectivity index (χ2n) is 3.74. The van der Waals surface area contributed by atoms with Crippen LogP contribution < -0.4 is 0 Å². The van der Waals surface area contributed by atoms with Crippen molar-refractivity contribution in [2.75, 3.05) is 13.2 Å². The third-order valence-electron chi connectivity index (χ3n) is 2.37. The Hall–Kier alpha value is -2.15. The zero-order chi connectivity index (χ0) is 13.0. The summed E-state index contributed by atoms with van der Waals surface area (Å²) in [7, 11) is 0. The van der Waals surface area contributed by atoms with Crippen LogP contribution in [0.3, 0.4) is 0 Å². The van der Waals surface area contributed by atoms with Crippen LogP contribution in [0, 0.1) is 10.1 Å². The van der Waals surface area contributed by atoms with E-state index in [2.05, 4.69) is 4.74 Å². The molecule has 1 fully saturated rings. The highest BCUT2D eigenvalue weighted by Crippen LogP contribution is 2.13. The molecule has 7 heteroatoms. The summed E-state index contributed by atoms with van der Waals surface area (Å²) < 4.78 is 14.7. The standard InChI is InChI=1S/C11H11NO6/c13-11-17-7-10(18-11)6-16-5-8-1-3-9(4-2-8)12(14)15/h1-4,10H,5-7H2. The highest BCUT2D eigenvalue weighted by molar-refractivity contribution is 5.61. The first-order chi connectivity index (χ1) is 8.65. The molecule has 0 aromatic heterocycles. The normalized spacial score (nSPS) is 18.2. The van der Waals surface area contributed by atoms with Crippen molar-refractivity contribution in [1.82, 2.24) is 0 Å². The molecule has 0 N–H and O–H groups in total. The van der Waals surface area contributed by atoms with E-state index in [1.165, 1.54) is 12.1 Å². The zero-order valence-electron chi connectivity index (χ0n) is 9.40. The van der Waals surface area contributed by atoms with Crippen LogP contribution >= 0.6 is 0 Å². The van der Waals surface area contributed by atoms with E-state index >= 15 is 0 Å². The van der Waals surface area contributed by atoms with Crippen LogP contribution in [-0.4, -0.2) is 30.4 Å². The van der Waals surface area contributed by atoms with Crippen LogP contribution in [0.4, 0.5) is 10.5 Å². The minimum atomic E-state index is -0.682. The van der Waals surface area contributed by atoms with Crippen LogP contribution in [0.15, 0.2) is 24.3 Å². The van der Waals surface area contributed by atoms with Gasteiger partial charge < -0.3 is 14.2 Å². The van der Waals surface area contributed by atoms with Crippen molar-refractivity contribution in [3.8, 4) is 0 Å². The quantitative estimate of drug-likeness (QED) is 0.450. The molecule has 1 aromatic carbocycles. The average molecular weight is 253 g/mol. The number of carbonyl (C=O) groups is 1. The van der Waals surface area contributed by atoms with Crippen LogP contribution in [-0.2, 0) is 20.8 Å². The molecule has 2 rings (SSSR count). The van der Waals surface area contributed by atoms with Gasteiger partial charge in [0.25, 0.3) is 5.69 Å². The lowest BCUT2D eigenvalue weighted by atomic mass is 10.2. The van der Waals surface area contributed by atoms with Crippen LogP contribution in [0.2, 0.25) is 0 Å². The van der Waals surface area contributed by atoms with Gasteiger partial charge in [-0.2, -0.15) is 0 Å². The number of nitrogens with zero attached hydrogens (tertiary/aromatic N) is 1. The molecule has 96 valence electrons. The lowest BCUT2D eigenvalue weighted by Crippen LogP contribution is -2.17. The molecule has 1 heterocycles. The molecule has 0 aliphatic carbocycles. The number of hydrogen-bond donors (Lipinski definition) is 0. The van der Waals surface area contributed by atoms with Crippen LogP contribution in [0.5, 0.6) is 0 Å². The monoisotopic (exact) mass is 253 g/mol. The van der Waals surface area contributed by atoms with Gasteiger partial charge in [-0.25, -0.2) is 4.79 Å². The lowest BCUT2D eigenvalue weighted by Gasteiger charge is -2.07. The summed E-state index contributed by atoms with van der Waals surface area (Å²) in [5.74, 6) is 0. The molecule has 18 heavy (non-hydrogen) atoms. The molecule has 0 amide bonds. The highest BCUT2D eigenvalue weighted by atomic mass is 16.8. The summed E-state index contributed by atoms with van der Waals surface area (Å²) >= 11 is 0. The molecule has 0 spiro atoms. The molecular formula is C11H11NO6. The predicted molar refractivity (Wildman–Crippen MR) is 59.0 cm³/mol. The van der Waals surface area contributed by atoms with Gasteiger partial charge in [0.15, 0.2) is 6.10 Å². The Morgan fingerprint density at radius 2 is 2.11 bits per heavy atom. The average Bonchev–Trinajstić information content (AvgIpc) is 2.76. The SMILES string of the molecule is O=C1OCC(COCc2ccc([N+](=O)[O-])cc2)O1. The van der Waals surface area contributed by atoms with Crippen LogP contribution in [0.1, 0.15) is 5.56 Å². The van der Waals surface area contributed by atoms with Crippen molar-refractivity contribution in [3.05, 3.63) is 39.9 Å². The van der Waals surface area contributed by atoms with Gasteiger partial charge in [0.1, 0.15) is 6.61 Å². The summed E-state index contributed by atoms with van der Waals surface area (Å²) in [6, 6.07) is 6.07. The predicted octanol–water partition coefficient (Wildman–Crippen LogP) is 1.65. The second kappa shape index (κ2) is 5.46. The van der Waals surface area contributed by atoms with Gasteiger partial charge in [-0.05, 0) is 17.7 Å². The van der Waals surface area contributed by atoms with Crippen molar-refractivity contribution in [2.45, 2.75) is 12.7 Å². The summed E-state index contributed by atoms with van der Waals surface area (Å²) in [6.45, 7) is 0.730. The summed E-state index contributed by atoms with van der Waals surface area (Å²) in [5.41, 5.74) is 0.850. The largest absolute Gasteiger partial charge is 0.508 e. The van der Waals surface area contributed by atoms with E-state index in [1.807, 2.05) is 0 Å². The number of hydrogen-bond acceptors (Lipinski definition) is 6. The molecule has 0 radical (unpaired) electrons. The molecule has 0 bridgehead atoms. The number of nitro groups is 1.